The van der Waals surface area contributed by atoms with Crippen molar-refractivity contribution < 1.29 is 14.6 Å². The summed E-state index contributed by atoms with van der Waals surface area (Å²) in [6.07, 6.45) is 2.29. The average molecular weight is 285 g/mol. The van der Waals surface area contributed by atoms with Crippen LogP contribution >= 0.6 is 23.2 Å². The number of benzene rings is 1. The van der Waals surface area contributed by atoms with Gasteiger partial charge in [0.15, 0.2) is 5.69 Å². The minimum Gasteiger partial charge on any atom is -0.476 e. The van der Waals surface area contributed by atoms with Crippen LogP contribution in [0.1, 0.15) is 10.5 Å². The van der Waals surface area contributed by atoms with Crippen LogP contribution in [0.5, 0.6) is 11.6 Å². The molecule has 0 radical (unpaired) electrons. The highest BCUT2D eigenvalue weighted by atomic mass is 35.5. The Labute approximate surface area is 112 Å². The van der Waals surface area contributed by atoms with Gasteiger partial charge in [-0.1, -0.05) is 29.3 Å². The second-order valence-electron chi connectivity index (χ2n) is 3.20. The number of aromatic carboxylic acids is 1. The summed E-state index contributed by atoms with van der Waals surface area (Å²) < 4.78 is 5.34. The van der Waals surface area contributed by atoms with E-state index in [9.17, 15) is 4.79 Å². The maximum absolute atomic E-state index is 10.6. The van der Waals surface area contributed by atoms with Gasteiger partial charge in [-0.15, -0.1) is 0 Å². The Morgan fingerprint density at radius 1 is 1.22 bits per heavy atom. The van der Waals surface area contributed by atoms with Crippen molar-refractivity contribution in [3.05, 3.63) is 46.3 Å². The lowest BCUT2D eigenvalue weighted by atomic mass is 10.3. The van der Waals surface area contributed by atoms with Crippen molar-refractivity contribution in [3.63, 3.8) is 0 Å². The zero-order valence-electron chi connectivity index (χ0n) is 8.80. The molecule has 0 fully saturated rings. The number of carbonyl (C=O) groups is 1. The SMILES string of the molecule is O=C(O)c1cnc(Oc2cccc(Cl)c2Cl)cn1. The Kier molecular flexibility index (Phi) is 3.64. The van der Waals surface area contributed by atoms with E-state index in [2.05, 4.69) is 9.97 Å². The molecule has 0 aliphatic heterocycles. The highest BCUT2D eigenvalue weighted by Gasteiger charge is 2.09. The van der Waals surface area contributed by atoms with Crippen molar-refractivity contribution in [1.29, 1.82) is 0 Å². The van der Waals surface area contributed by atoms with Gasteiger partial charge in [-0.2, -0.15) is 0 Å². The summed E-state index contributed by atoms with van der Waals surface area (Å²) >= 11 is 11.7. The van der Waals surface area contributed by atoms with E-state index < -0.39 is 5.97 Å². The number of nitrogens with zero attached hydrogens (tertiary/aromatic N) is 2. The third-order valence-electron chi connectivity index (χ3n) is 1.98. The number of carboxylic acid groups (broad SMARTS) is 1. The molecule has 1 N–H and O–H groups in total. The standard InChI is InChI=1S/C11H6Cl2N2O3/c12-6-2-1-3-8(10(6)13)18-9-5-14-7(4-15-9)11(16)17/h1-5H,(H,16,17). The lowest BCUT2D eigenvalue weighted by molar-refractivity contribution is 0.0690. The number of ether oxygens (including phenoxy) is 1. The van der Waals surface area contributed by atoms with Gasteiger partial charge in [0.05, 0.1) is 17.4 Å². The minimum absolute atomic E-state index is 0.129. The highest BCUT2D eigenvalue weighted by Crippen LogP contribution is 2.33. The third kappa shape index (κ3) is 2.69. The number of hydrogen-bond donors (Lipinski definition) is 1. The molecule has 0 amide bonds. The first-order valence-corrected chi connectivity index (χ1v) is 5.50. The van der Waals surface area contributed by atoms with E-state index in [0.29, 0.717) is 10.8 Å². The second kappa shape index (κ2) is 5.20. The number of halogens is 2. The number of rotatable bonds is 3. The summed E-state index contributed by atoms with van der Waals surface area (Å²) in [6.45, 7) is 0. The Bertz CT molecular complexity index is 587. The van der Waals surface area contributed by atoms with Gasteiger partial charge in [-0.3, -0.25) is 0 Å². The summed E-state index contributed by atoms with van der Waals surface area (Å²) in [4.78, 5) is 18.0. The molecule has 5 nitrogen and oxygen atoms in total. The molecular formula is C11H6Cl2N2O3. The average Bonchev–Trinajstić information content (AvgIpc) is 2.36. The molecule has 18 heavy (non-hydrogen) atoms. The Morgan fingerprint density at radius 2 is 2.00 bits per heavy atom. The first kappa shape index (κ1) is 12.6. The Hall–Kier alpha value is -1.85. The maximum Gasteiger partial charge on any atom is 0.356 e. The molecule has 0 saturated heterocycles. The van der Waals surface area contributed by atoms with E-state index in [1.807, 2.05) is 0 Å². The molecule has 2 aromatic rings. The van der Waals surface area contributed by atoms with Crippen LogP contribution in [0.2, 0.25) is 10.0 Å². The van der Waals surface area contributed by atoms with Crippen LogP contribution in [-0.4, -0.2) is 21.0 Å². The van der Waals surface area contributed by atoms with Crippen molar-refractivity contribution in [2.24, 2.45) is 0 Å². The lowest BCUT2D eigenvalue weighted by Gasteiger charge is -2.06. The third-order valence-corrected chi connectivity index (χ3v) is 2.78. The summed E-state index contributed by atoms with van der Waals surface area (Å²) in [6, 6.07) is 4.90. The van der Waals surface area contributed by atoms with Crippen molar-refractivity contribution in [2.45, 2.75) is 0 Å². The zero-order valence-corrected chi connectivity index (χ0v) is 10.3. The Balaban J connectivity index is 2.24. The molecule has 0 atom stereocenters. The zero-order chi connectivity index (χ0) is 13.1. The van der Waals surface area contributed by atoms with Gasteiger partial charge in [-0.25, -0.2) is 14.8 Å². The van der Waals surface area contributed by atoms with Crippen molar-refractivity contribution >= 4 is 29.2 Å². The van der Waals surface area contributed by atoms with Crippen LogP contribution in [-0.2, 0) is 0 Å². The predicted octanol–water partition coefficient (Wildman–Crippen LogP) is 3.27. The molecule has 0 spiro atoms. The maximum atomic E-state index is 10.6. The molecule has 0 aliphatic carbocycles. The number of aromatic nitrogens is 2. The quantitative estimate of drug-likeness (QED) is 0.936. The van der Waals surface area contributed by atoms with Crippen LogP contribution in [0.3, 0.4) is 0 Å². The van der Waals surface area contributed by atoms with E-state index in [-0.39, 0.29) is 16.6 Å². The molecule has 1 aromatic heterocycles. The first-order chi connectivity index (χ1) is 8.58. The van der Waals surface area contributed by atoms with E-state index in [0.717, 1.165) is 6.20 Å². The molecule has 1 aromatic carbocycles. The molecule has 92 valence electrons. The van der Waals surface area contributed by atoms with E-state index >= 15 is 0 Å². The van der Waals surface area contributed by atoms with Gasteiger partial charge in [0, 0.05) is 0 Å². The van der Waals surface area contributed by atoms with Gasteiger partial charge < -0.3 is 9.84 Å². The van der Waals surface area contributed by atoms with Crippen LogP contribution in [0.15, 0.2) is 30.6 Å². The molecule has 0 saturated carbocycles. The van der Waals surface area contributed by atoms with E-state index in [1.165, 1.54) is 6.20 Å². The molecule has 0 bridgehead atoms. The number of hydrogen-bond acceptors (Lipinski definition) is 4. The van der Waals surface area contributed by atoms with Gasteiger partial charge >= 0.3 is 5.97 Å². The first-order valence-electron chi connectivity index (χ1n) is 4.75. The topological polar surface area (TPSA) is 72.3 Å². The van der Waals surface area contributed by atoms with Gasteiger partial charge in [0.25, 0.3) is 0 Å². The fraction of sp³-hybridized carbons (Fsp3) is 0. The van der Waals surface area contributed by atoms with Gasteiger partial charge in [0.2, 0.25) is 5.88 Å². The van der Waals surface area contributed by atoms with Crippen LogP contribution in [0, 0.1) is 0 Å². The molecule has 7 heteroatoms. The van der Waals surface area contributed by atoms with E-state index in [4.69, 9.17) is 33.0 Å². The smallest absolute Gasteiger partial charge is 0.356 e. The molecule has 0 unspecified atom stereocenters. The molecule has 0 aliphatic rings. The van der Waals surface area contributed by atoms with Crippen molar-refractivity contribution in [3.8, 4) is 11.6 Å². The summed E-state index contributed by atoms with van der Waals surface area (Å²) in [5, 5.41) is 9.27. The molecule has 1 heterocycles. The minimum atomic E-state index is -1.16. The molecular weight excluding hydrogens is 279 g/mol. The summed E-state index contributed by atoms with van der Waals surface area (Å²) in [7, 11) is 0. The van der Waals surface area contributed by atoms with Gasteiger partial charge in [-0.05, 0) is 12.1 Å². The fourth-order valence-electron chi connectivity index (χ4n) is 1.15. The number of carboxylic acids is 1. The summed E-state index contributed by atoms with van der Waals surface area (Å²) in [5.74, 6) is -0.708. The predicted molar refractivity (Wildman–Crippen MR) is 65.5 cm³/mol. The van der Waals surface area contributed by atoms with Crippen LogP contribution in [0.4, 0.5) is 0 Å². The largest absolute Gasteiger partial charge is 0.476 e. The normalized spacial score (nSPS) is 10.1. The van der Waals surface area contributed by atoms with Crippen molar-refractivity contribution in [1.82, 2.24) is 9.97 Å². The Morgan fingerprint density at radius 3 is 2.61 bits per heavy atom. The van der Waals surface area contributed by atoms with Gasteiger partial charge in [0.1, 0.15) is 10.8 Å². The van der Waals surface area contributed by atoms with Crippen molar-refractivity contribution in [2.75, 3.05) is 0 Å². The van der Waals surface area contributed by atoms with E-state index in [1.54, 1.807) is 18.2 Å². The lowest BCUT2D eigenvalue weighted by Crippen LogP contribution is -2.01. The monoisotopic (exact) mass is 284 g/mol. The summed E-state index contributed by atoms with van der Waals surface area (Å²) in [5.41, 5.74) is -0.167. The second-order valence-corrected chi connectivity index (χ2v) is 3.98. The van der Waals surface area contributed by atoms with Crippen LogP contribution < -0.4 is 4.74 Å². The fourth-order valence-corrected chi connectivity index (χ4v) is 1.49. The molecule has 2 rings (SSSR count). The highest BCUT2D eigenvalue weighted by molar-refractivity contribution is 6.42. The van der Waals surface area contributed by atoms with Crippen LogP contribution in [0.25, 0.3) is 0 Å².